The van der Waals surface area contributed by atoms with Crippen LogP contribution < -0.4 is 15.4 Å². The van der Waals surface area contributed by atoms with Gasteiger partial charge in [0.05, 0.1) is 12.2 Å². The molecule has 2 aromatic carbocycles. The zero-order valence-corrected chi connectivity index (χ0v) is 17.5. The maximum atomic E-state index is 13.8. The number of alkyl halides is 6. The van der Waals surface area contributed by atoms with Crippen LogP contribution in [0.3, 0.4) is 0 Å². The van der Waals surface area contributed by atoms with Crippen LogP contribution in [-0.4, -0.2) is 28.2 Å². The number of rotatable bonds is 4. The van der Waals surface area contributed by atoms with E-state index in [9.17, 15) is 31.1 Å². The zero-order valence-electron chi connectivity index (χ0n) is 17.5. The number of fused-ring (bicyclic) bond motifs is 1. The molecule has 0 bridgehead atoms. The molecule has 180 valence electrons. The molecule has 34 heavy (non-hydrogen) atoms. The Hall–Kier alpha value is -3.70. The minimum Gasteiger partial charge on any atom is -0.406 e. The molecular weight excluding hydrogens is 466 g/mol. The Labute approximate surface area is 189 Å². The molecule has 0 saturated carbocycles. The standard InChI is InChI=1S/C22H18F6N4O2/c1-12-2-4-13(5-3-12)17-10-18(21(23,24)25)32-19(31-17)16(11-29-32)20(33)30-14-6-8-15(9-7-14)34-22(26,27)28/h2-9,11,17-18,31H,10H2,1H3,(H,30,33)/t17-,18-/m1/s1. The summed E-state index contributed by atoms with van der Waals surface area (Å²) in [6.45, 7) is 1.86. The highest BCUT2D eigenvalue weighted by Crippen LogP contribution is 2.44. The number of nitrogens with zero attached hydrogens (tertiary/aromatic N) is 2. The first-order valence-corrected chi connectivity index (χ1v) is 10.1. The quantitative estimate of drug-likeness (QED) is 0.446. The summed E-state index contributed by atoms with van der Waals surface area (Å²) in [6, 6.07) is 8.69. The Morgan fingerprint density at radius 1 is 1.06 bits per heavy atom. The first-order valence-electron chi connectivity index (χ1n) is 10.1. The van der Waals surface area contributed by atoms with Crippen LogP contribution in [0.1, 0.15) is 40.0 Å². The van der Waals surface area contributed by atoms with Gasteiger partial charge in [-0.25, -0.2) is 4.68 Å². The molecule has 0 aliphatic carbocycles. The maximum absolute atomic E-state index is 13.8. The van der Waals surface area contributed by atoms with Crippen LogP contribution in [0, 0.1) is 6.92 Å². The number of benzene rings is 2. The van der Waals surface area contributed by atoms with E-state index in [1.807, 2.05) is 6.92 Å². The van der Waals surface area contributed by atoms with E-state index in [2.05, 4.69) is 20.5 Å². The predicted octanol–water partition coefficient (Wildman–Crippen LogP) is 6.00. The van der Waals surface area contributed by atoms with Crippen LogP contribution >= 0.6 is 0 Å². The lowest BCUT2D eigenvalue weighted by Crippen LogP contribution is -2.36. The smallest absolute Gasteiger partial charge is 0.406 e. The highest BCUT2D eigenvalue weighted by molar-refractivity contribution is 6.07. The first kappa shape index (κ1) is 23.5. The van der Waals surface area contributed by atoms with E-state index in [4.69, 9.17) is 0 Å². The van der Waals surface area contributed by atoms with Crippen molar-refractivity contribution in [1.82, 2.24) is 9.78 Å². The molecular formula is C22H18F6N4O2. The average Bonchev–Trinajstić information content (AvgIpc) is 3.17. The van der Waals surface area contributed by atoms with Crippen LogP contribution in [0.15, 0.2) is 54.7 Å². The molecule has 0 unspecified atom stereocenters. The molecule has 0 spiro atoms. The van der Waals surface area contributed by atoms with Gasteiger partial charge in [0.2, 0.25) is 0 Å². The summed E-state index contributed by atoms with van der Waals surface area (Å²) in [5.74, 6) is -1.36. The highest BCUT2D eigenvalue weighted by Gasteiger charge is 2.47. The molecule has 1 aliphatic rings. The minimum absolute atomic E-state index is 0.103. The summed E-state index contributed by atoms with van der Waals surface area (Å²) in [6.07, 6.45) is -8.76. The monoisotopic (exact) mass is 484 g/mol. The van der Waals surface area contributed by atoms with E-state index in [-0.39, 0.29) is 23.5 Å². The van der Waals surface area contributed by atoms with Gasteiger partial charge in [0.25, 0.3) is 5.91 Å². The number of hydrogen-bond acceptors (Lipinski definition) is 4. The van der Waals surface area contributed by atoms with Crippen LogP contribution in [0.2, 0.25) is 0 Å². The number of halogens is 6. The average molecular weight is 484 g/mol. The van der Waals surface area contributed by atoms with Gasteiger partial charge in [-0.3, -0.25) is 4.79 Å². The Morgan fingerprint density at radius 3 is 2.29 bits per heavy atom. The van der Waals surface area contributed by atoms with Crippen LogP contribution in [-0.2, 0) is 0 Å². The van der Waals surface area contributed by atoms with Gasteiger partial charge in [-0.15, -0.1) is 13.2 Å². The zero-order chi connectivity index (χ0) is 24.7. The summed E-state index contributed by atoms with van der Waals surface area (Å²) < 4.78 is 82.8. The molecule has 2 heterocycles. The van der Waals surface area contributed by atoms with Crippen molar-refractivity contribution in [3.63, 3.8) is 0 Å². The lowest BCUT2D eigenvalue weighted by molar-refractivity contribution is -0.274. The van der Waals surface area contributed by atoms with Gasteiger partial charge in [-0.05, 0) is 36.8 Å². The van der Waals surface area contributed by atoms with Crippen molar-refractivity contribution >= 4 is 17.4 Å². The van der Waals surface area contributed by atoms with Gasteiger partial charge in [0.15, 0.2) is 6.04 Å². The van der Waals surface area contributed by atoms with Gasteiger partial charge in [-0.1, -0.05) is 29.8 Å². The third-order valence-electron chi connectivity index (χ3n) is 5.31. The number of nitrogens with one attached hydrogen (secondary N) is 2. The molecule has 1 amide bonds. The van der Waals surface area contributed by atoms with Crippen LogP contribution in [0.4, 0.5) is 37.8 Å². The van der Waals surface area contributed by atoms with E-state index in [1.54, 1.807) is 24.3 Å². The predicted molar refractivity (Wildman–Crippen MR) is 111 cm³/mol. The van der Waals surface area contributed by atoms with Gasteiger partial charge in [0.1, 0.15) is 17.1 Å². The summed E-state index contributed by atoms with van der Waals surface area (Å²) >= 11 is 0. The van der Waals surface area contributed by atoms with Crippen molar-refractivity contribution in [3.8, 4) is 5.75 Å². The summed E-state index contributed by atoms with van der Waals surface area (Å²) in [5.41, 5.74) is 1.56. The third-order valence-corrected chi connectivity index (χ3v) is 5.31. The van der Waals surface area contributed by atoms with Crippen LogP contribution in [0.25, 0.3) is 0 Å². The van der Waals surface area contributed by atoms with E-state index in [0.29, 0.717) is 5.56 Å². The summed E-state index contributed by atoms with van der Waals surface area (Å²) in [5, 5.41) is 9.22. The summed E-state index contributed by atoms with van der Waals surface area (Å²) in [4.78, 5) is 12.8. The molecule has 0 saturated heterocycles. The molecule has 2 atom stereocenters. The second-order valence-electron chi connectivity index (χ2n) is 7.78. The number of carbonyl (C=O) groups is 1. The van der Waals surface area contributed by atoms with Crippen molar-refractivity contribution < 1.29 is 35.9 Å². The van der Waals surface area contributed by atoms with E-state index < -0.39 is 36.3 Å². The minimum atomic E-state index is -4.86. The molecule has 0 radical (unpaired) electrons. The number of hydrogen-bond donors (Lipinski definition) is 2. The van der Waals surface area contributed by atoms with E-state index >= 15 is 0 Å². The number of carbonyl (C=O) groups excluding carboxylic acids is 1. The maximum Gasteiger partial charge on any atom is 0.573 e. The number of aryl methyl sites for hydroxylation is 1. The van der Waals surface area contributed by atoms with Gasteiger partial charge < -0.3 is 15.4 Å². The second-order valence-corrected chi connectivity index (χ2v) is 7.78. The van der Waals surface area contributed by atoms with Crippen LogP contribution in [0.5, 0.6) is 5.75 Å². The van der Waals surface area contributed by atoms with Crippen molar-refractivity contribution in [3.05, 3.63) is 71.4 Å². The van der Waals surface area contributed by atoms with Gasteiger partial charge >= 0.3 is 12.5 Å². The lowest BCUT2D eigenvalue weighted by Gasteiger charge is -2.34. The lowest BCUT2D eigenvalue weighted by atomic mass is 9.96. The molecule has 0 fully saturated rings. The first-order chi connectivity index (χ1) is 15.9. The molecule has 4 rings (SSSR count). The number of amides is 1. The van der Waals surface area contributed by atoms with Crippen molar-refractivity contribution in [1.29, 1.82) is 0 Å². The van der Waals surface area contributed by atoms with E-state index in [0.717, 1.165) is 28.6 Å². The highest BCUT2D eigenvalue weighted by atomic mass is 19.4. The third kappa shape index (κ3) is 5.10. The largest absolute Gasteiger partial charge is 0.573 e. The van der Waals surface area contributed by atoms with Crippen molar-refractivity contribution in [2.75, 3.05) is 10.6 Å². The molecule has 3 aromatic rings. The molecule has 2 N–H and O–H groups in total. The number of aromatic nitrogens is 2. The fourth-order valence-electron chi connectivity index (χ4n) is 3.68. The number of anilines is 2. The topological polar surface area (TPSA) is 68.2 Å². The van der Waals surface area contributed by atoms with Crippen molar-refractivity contribution in [2.45, 2.75) is 38.0 Å². The fourth-order valence-corrected chi connectivity index (χ4v) is 3.68. The molecule has 1 aliphatic heterocycles. The fraction of sp³-hybridized carbons (Fsp3) is 0.273. The van der Waals surface area contributed by atoms with Gasteiger partial charge in [-0.2, -0.15) is 18.3 Å². The SMILES string of the molecule is Cc1ccc([C@H]2C[C@H](C(F)(F)F)n3ncc(C(=O)Nc4ccc(OC(F)(F)F)cc4)c3N2)cc1. The normalized spacial score (nSPS) is 18.1. The Kier molecular flexibility index (Phi) is 5.92. The van der Waals surface area contributed by atoms with Gasteiger partial charge in [0, 0.05) is 12.1 Å². The van der Waals surface area contributed by atoms with E-state index in [1.165, 1.54) is 12.1 Å². The Morgan fingerprint density at radius 2 is 1.71 bits per heavy atom. The summed E-state index contributed by atoms with van der Waals surface area (Å²) in [7, 11) is 0. The Balaban J connectivity index is 1.59. The Bertz CT molecular complexity index is 1170. The second kappa shape index (κ2) is 8.58. The molecule has 12 heteroatoms. The number of ether oxygens (including phenoxy) is 1. The van der Waals surface area contributed by atoms with Crippen molar-refractivity contribution in [2.24, 2.45) is 0 Å². The molecule has 1 aromatic heterocycles. The molecule has 6 nitrogen and oxygen atoms in total.